The lowest BCUT2D eigenvalue weighted by Gasteiger charge is -2.23. The van der Waals surface area contributed by atoms with Gasteiger partial charge in [0.25, 0.3) is 0 Å². The number of hydrogen-bond acceptors (Lipinski definition) is 2. The van der Waals surface area contributed by atoms with Gasteiger partial charge in [-0.1, -0.05) is 94.2 Å². The SMILES string of the molecule is CCCC(Pc1ccccc1C=O)c1cc(C)cc(C)c1OCc1ccccc1. The summed E-state index contributed by atoms with van der Waals surface area (Å²) < 4.78 is 6.37. The molecule has 2 atom stereocenters. The molecule has 0 N–H and O–H groups in total. The monoisotopic (exact) mass is 404 g/mol. The Balaban J connectivity index is 1.95. The van der Waals surface area contributed by atoms with Gasteiger partial charge in [0, 0.05) is 16.8 Å². The van der Waals surface area contributed by atoms with Crippen molar-refractivity contribution in [3.05, 3.63) is 94.5 Å². The highest BCUT2D eigenvalue weighted by atomic mass is 31.1. The van der Waals surface area contributed by atoms with Crippen LogP contribution in [0.3, 0.4) is 0 Å². The molecular formula is C26H29O2P. The summed E-state index contributed by atoms with van der Waals surface area (Å²) in [6, 6.07) is 22.7. The predicted molar refractivity (Wildman–Crippen MR) is 124 cm³/mol. The smallest absolute Gasteiger partial charge is 0.150 e. The van der Waals surface area contributed by atoms with Crippen LogP contribution in [0.1, 0.15) is 58.0 Å². The van der Waals surface area contributed by atoms with E-state index in [1.54, 1.807) is 0 Å². The Morgan fingerprint density at radius 2 is 1.72 bits per heavy atom. The lowest BCUT2D eigenvalue weighted by Crippen LogP contribution is -2.09. The van der Waals surface area contributed by atoms with Gasteiger partial charge in [0.2, 0.25) is 0 Å². The zero-order chi connectivity index (χ0) is 20.6. The Morgan fingerprint density at radius 1 is 1.00 bits per heavy atom. The van der Waals surface area contributed by atoms with Crippen molar-refractivity contribution in [2.24, 2.45) is 0 Å². The van der Waals surface area contributed by atoms with Crippen molar-refractivity contribution in [1.82, 2.24) is 0 Å². The van der Waals surface area contributed by atoms with Crippen LogP contribution in [0.15, 0.2) is 66.7 Å². The molecular weight excluding hydrogens is 375 g/mol. The molecule has 0 aliphatic heterocycles. The molecule has 3 rings (SSSR count). The molecule has 0 heterocycles. The quantitative estimate of drug-likeness (QED) is 0.299. The molecule has 0 saturated carbocycles. The summed E-state index contributed by atoms with van der Waals surface area (Å²) >= 11 is 0. The third kappa shape index (κ3) is 5.55. The molecule has 0 aliphatic carbocycles. The van der Waals surface area contributed by atoms with Gasteiger partial charge >= 0.3 is 0 Å². The van der Waals surface area contributed by atoms with Crippen LogP contribution in [-0.4, -0.2) is 6.29 Å². The summed E-state index contributed by atoms with van der Waals surface area (Å²) in [7, 11) is 0.534. The maximum Gasteiger partial charge on any atom is 0.150 e. The van der Waals surface area contributed by atoms with E-state index in [0.717, 1.165) is 35.7 Å². The highest BCUT2D eigenvalue weighted by Crippen LogP contribution is 2.44. The van der Waals surface area contributed by atoms with Crippen LogP contribution in [-0.2, 0) is 6.61 Å². The minimum atomic E-state index is 0.338. The van der Waals surface area contributed by atoms with Gasteiger partial charge in [0.15, 0.2) is 6.29 Å². The van der Waals surface area contributed by atoms with Crippen molar-refractivity contribution in [3.63, 3.8) is 0 Å². The van der Waals surface area contributed by atoms with E-state index in [9.17, 15) is 4.79 Å². The van der Waals surface area contributed by atoms with Crippen molar-refractivity contribution in [2.75, 3.05) is 0 Å². The van der Waals surface area contributed by atoms with Crippen LogP contribution in [0.5, 0.6) is 5.75 Å². The summed E-state index contributed by atoms with van der Waals surface area (Å²) in [5.41, 5.74) is 5.98. The third-order valence-electron chi connectivity index (χ3n) is 5.04. The first kappa shape index (κ1) is 21.3. The number of aldehydes is 1. The van der Waals surface area contributed by atoms with Crippen molar-refractivity contribution in [1.29, 1.82) is 0 Å². The van der Waals surface area contributed by atoms with Crippen molar-refractivity contribution < 1.29 is 9.53 Å². The van der Waals surface area contributed by atoms with Gasteiger partial charge in [0.1, 0.15) is 12.4 Å². The summed E-state index contributed by atoms with van der Waals surface area (Å²) in [6.45, 7) is 7.05. The molecule has 0 saturated heterocycles. The van der Waals surface area contributed by atoms with E-state index >= 15 is 0 Å². The summed E-state index contributed by atoms with van der Waals surface area (Å²) in [4.78, 5) is 11.5. The van der Waals surface area contributed by atoms with Crippen molar-refractivity contribution in [3.8, 4) is 5.75 Å². The van der Waals surface area contributed by atoms with E-state index in [1.807, 2.05) is 36.4 Å². The number of carbonyl (C=O) groups excluding carboxylic acids is 1. The van der Waals surface area contributed by atoms with Gasteiger partial charge in [-0.05, 0) is 36.7 Å². The Bertz CT molecular complexity index is 950. The van der Waals surface area contributed by atoms with E-state index in [4.69, 9.17) is 4.74 Å². The first-order valence-corrected chi connectivity index (χ1v) is 11.3. The fourth-order valence-corrected chi connectivity index (χ4v) is 5.37. The summed E-state index contributed by atoms with van der Waals surface area (Å²) in [6.07, 6.45) is 3.13. The molecule has 0 fully saturated rings. The number of ether oxygens (including phenoxy) is 1. The Labute approximate surface area is 176 Å². The van der Waals surface area contributed by atoms with E-state index in [2.05, 4.69) is 51.1 Å². The van der Waals surface area contributed by atoms with E-state index in [1.165, 1.54) is 22.3 Å². The van der Waals surface area contributed by atoms with Crippen molar-refractivity contribution in [2.45, 2.75) is 45.9 Å². The molecule has 29 heavy (non-hydrogen) atoms. The first-order chi connectivity index (χ1) is 14.1. The second-order valence-electron chi connectivity index (χ2n) is 7.47. The summed E-state index contributed by atoms with van der Waals surface area (Å²) in [5.74, 6) is 0.994. The Hall–Kier alpha value is -2.44. The molecule has 0 bridgehead atoms. The fourth-order valence-electron chi connectivity index (χ4n) is 3.69. The molecule has 0 radical (unpaired) electrons. The van der Waals surface area contributed by atoms with Gasteiger partial charge in [-0.2, -0.15) is 0 Å². The molecule has 0 aliphatic rings. The highest BCUT2D eigenvalue weighted by Gasteiger charge is 2.20. The number of hydrogen-bond donors (Lipinski definition) is 0. The number of carbonyl (C=O) groups is 1. The normalized spacial score (nSPS) is 12.2. The van der Waals surface area contributed by atoms with Crippen LogP contribution in [0.25, 0.3) is 0 Å². The van der Waals surface area contributed by atoms with Crippen LogP contribution < -0.4 is 10.0 Å². The molecule has 150 valence electrons. The maximum absolute atomic E-state index is 11.5. The van der Waals surface area contributed by atoms with Crippen LogP contribution in [0.4, 0.5) is 0 Å². The van der Waals surface area contributed by atoms with Gasteiger partial charge in [-0.15, -0.1) is 0 Å². The Kier molecular flexibility index (Phi) is 7.61. The van der Waals surface area contributed by atoms with E-state index in [0.29, 0.717) is 20.8 Å². The average molecular weight is 404 g/mol. The maximum atomic E-state index is 11.5. The largest absolute Gasteiger partial charge is 0.488 e. The van der Waals surface area contributed by atoms with Crippen molar-refractivity contribution >= 4 is 20.2 Å². The summed E-state index contributed by atoms with van der Waals surface area (Å²) in [5, 5.41) is 1.13. The minimum absolute atomic E-state index is 0.338. The molecule has 3 aromatic rings. The minimum Gasteiger partial charge on any atom is -0.488 e. The molecule has 2 nitrogen and oxygen atoms in total. The highest BCUT2D eigenvalue weighted by molar-refractivity contribution is 7.47. The topological polar surface area (TPSA) is 26.3 Å². The van der Waals surface area contributed by atoms with Gasteiger partial charge in [-0.3, -0.25) is 4.79 Å². The van der Waals surface area contributed by atoms with E-state index < -0.39 is 0 Å². The van der Waals surface area contributed by atoms with Gasteiger partial charge in [-0.25, -0.2) is 0 Å². The number of rotatable bonds is 9. The third-order valence-corrected chi connectivity index (χ3v) is 6.76. The van der Waals surface area contributed by atoms with Crippen LogP contribution in [0, 0.1) is 13.8 Å². The molecule has 0 spiro atoms. The van der Waals surface area contributed by atoms with Gasteiger partial charge < -0.3 is 4.74 Å². The lowest BCUT2D eigenvalue weighted by atomic mass is 10.0. The molecule has 3 aromatic carbocycles. The Morgan fingerprint density at radius 3 is 2.45 bits per heavy atom. The first-order valence-electron chi connectivity index (χ1n) is 10.2. The van der Waals surface area contributed by atoms with Gasteiger partial charge in [0.05, 0.1) is 0 Å². The van der Waals surface area contributed by atoms with E-state index in [-0.39, 0.29) is 0 Å². The van der Waals surface area contributed by atoms with Crippen LogP contribution >= 0.6 is 8.58 Å². The molecule has 0 amide bonds. The molecule has 2 unspecified atom stereocenters. The molecule has 0 aromatic heterocycles. The standard InChI is InChI=1S/C26H29O2P/c1-4-10-25(29-24-14-9-8-13-22(24)17-27)23-16-19(2)15-20(3)26(23)28-18-21-11-6-5-7-12-21/h5-9,11-17,25,29H,4,10,18H2,1-3H3. The zero-order valence-electron chi connectivity index (χ0n) is 17.4. The number of aryl methyl sites for hydroxylation is 2. The average Bonchev–Trinajstić information content (AvgIpc) is 2.73. The fraction of sp³-hybridized carbons (Fsp3) is 0.269. The second kappa shape index (κ2) is 10.4. The molecule has 3 heteroatoms. The second-order valence-corrected chi connectivity index (χ2v) is 8.99. The predicted octanol–water partition coefficient (Wildman–Crippen LogP) is 6.54. The van der Waals surface area contributed by atoms with Crippen LogP contribution in [0.2, 0.25) is 0 Å². The number of benzene rings is 3. The zero-order valence-corrected chi connectivity index (χ0v) is 18.4. The lowest BCUT2D eigenvalue weighted by molar-refractivity contribution is 0.112.